The Morgan fingerprint density at radius 2 is 1.94 bits per heavy atom. The number of aliphatic carboxylic acids is 1. The first kappa shape index (κ1) is 14.4. The molecule has 0 amide bonds. The second-order valence-electron chi connectivity index (χ2n) is 3.71. The van der Waals surface area contributed by atoms with Gasteiger partial charge >= 0.3 is 5.97 Å². The van der Waals surface area contributed by atoms with Crippen LogP contribution in [0.2, 0.25) is 0 Å². The Hall–Kier alpha value is -1.70. The zero-order valence-electron chi connectivity index (χ0n) is 9.78. The van der Waals surface area contributed by atoms with Gasteiger partial charge < -0.3 is 5.11 Å². The molecule has 0 unspecified atom stereocenters. The molecule has 0 heterocycles. The third kappa shape index (κ3) is 4.66. The third-order valence-corrected chi connectivity index (χ3v) is 3.24. The highest BCUT2D eigenvalue weighted by molar-refractivity contribution is 7.86. The maximum absolute atomic E-state index is 11.0. The van der Waals surface area contributed by atoms with Crippen LogP contribution in [0, 0.1) is 0 Å². The molecule has 0 fully saturated rings. The summed E-state index contributed by atoms with van der Waals surface area (Å²) in [5.74, 6) is -1.02. The van der Waals surface area contributed by atoms with Crippen molar-refractivity contribution in [2.75, 3.05) is 7.05 Å². The Balaban J connectivity index is 2.75. The first-order chi connectivity index (χ1) is 8.29. The second-order valence-corrected chi connectivity index (χ2v) is 5.37. The molecule has 1 aromatic rings. The number of hydrogen-bond acceptors (Lipinski definition) is 3. The smallest absolute Gasteiger partial charge is 0.328 e. The number of nitrogens with two attached hydrogens (primary N) is 1. The van der Waals surface area contributed by atoms with Gasteiger partial charge in [-0.1, -0.05) is 24.3 Å². The van der Waals surface area contributed by atoms with E-state index in [4.69, 9.17) is 10.2 Å². The molecule has 0 saturated heterocycles. The van der Waals surface area contributed by atoms with Crippen LogP contribution in [0.15, 0.2) is 30.3 Å². The summed E-state index contributed by atoms with van der Waals surface area (Å²) in [5, 5.41) is 13.4. The molecule has 1 rings (SSSR count). The summed E-state index contributed by atoms with van der Waals surface area (Å²) in [4.78, 5) is 10.3. The highest BCUT2D eigenvalue weighted by atomic mass is 32.2. The Bertz CT molecular complexity index is 549. The SMILES string of the molecule is CN(Cc1ccc(/C=C/C(=O)O)cc1)S(N)(=O)=O. The van der Waals surface area contributed by atoms with Gasteiger partial charge in [-0.25, -0.2) is 9.93 Å². The van der Waals surface area contributed by atoms with E-state index in [0.717, 1.165) is 21.5 Å². The topological polar surface area (TPSA) is 101 Å². The summed E-state index contributed by atoms with van der Waals surface area (Å²) < 4.78 is 23.0. The average Bonchev–Trinajstić information content (AvgIpc) is 2.26. The van der Waals surface area contributed by atoms with Gasteiger partial charge in [0.1, 0.15) is 0 Å². The number of hydrogen-bond donors (Lipinski definition) is 2. The number of carboxylic acids is 1. The van der Waals surface area contributed by atoms with Crippen LogP contribution < -0.4 is 5.14 Å². The largest absolute Gasteiger partial charge is 0.478 e. The third-order valence-electron chi connectivity index (χ3n) is 2.24. The van der Waals surface area contributed by atoms with E-state index in [1.807, 2.05) is 0 Å². The fourth-order valence-corrected chi connectivity index (χ4v) is 1.58. The Labute approximate surface area is 106 Å². The van der Waals surface area contributed by atoms with Crippen molar-refractivity contribution in [3.8, 4) is 0 Å². The fourth-order valence-electron chi connectivity index (χ4n) is 1.25. The summed E-state index contributed by atoms with van der Waals surface area (Å²) in [6.07, 6.45) is 2.49. The molecule has 0 saturated carbocycles. The van der Waals surface area contributed by atoms with Crippen LogP contribution in [0.1, 0.15) is 11.1 Å². The van der Waals surface area contributed by atoms with Gasteiger partial charge in [0.2, 0.25) is 0 Å². The van der Waals surface area contributed by atoms with Crippen LogP contribution in [0.3, 0.4) is 0 Å². The minimum absolute atomic E-state index is 0.168. The molecule has 0 aromatic heterocycles. The molecular formula is C11H14N2O4S. The van der Waals surface area contributed by atoms with Gasteiger partial charge in [0, 0.05) is 19.7 Å². The quantitative estimate of drug-likeness (QED) is 0.757. The Morgan fingerprint density at radius 3 is 2.39 bits per heavy atom. The van der Waals surface area contributed by atoms with E-state index in [0.29, 0.717) is 0 Å². The summed E-state index contributed by atoms with van der Waals surface area (Å²) in [6, 6.07) is 6.82. The summed E-state index contributed by atoms with van der Waals surface area (Å²) in [7, 11) is -2.31. The number of carbonyl (C=O) groups is 1. The van der Waals surface area contributed by atoms with Crippen LogP contribution in [-0.4, -0.2) is 30.8 Å². The van der Waals surface area contributed by atoms with E-state index >= 15 is 0 Å². The molecule has 0 atom stereocenters. The monoisotopic (exact) mass is 270 g/mol. The maximum atomic E-state index is 11.0. The zero-order valence-corrected chi connectivity index (χ0v) is 10.6. The van der Waals surface area contributed by atoms with Crippen LogP contribution in [0.4, 0.5) is 0 Å². The predicted molar refractivity (Wildman–Crippen MR) is 67.7 cm³/mol. The summed E-state index contributed by atoms with van der Waals surface area (Å²) >= 11 is 0. The number of carboxylic acid groups (broad SMARTS) is 1. The van der Waals surface area contributed by atoms with Gasteiger partial charge in [0.15, 0.2) is 0 Å². The lowest BCUT2D eigenvalue weighted by Crippen LogP contribution is -2.32. The molecule has 0 aliphatic heterocycles. The van der Waals surface area contributed by atoms with E-state index in [2.05, 4.69) is 0 Å². The highest BCUT2D eigenvalue weighted by Crippen LogP contribution is 2.09. The van der Waals surface area contributed by atoms with Crippen molar-refractivity contribution >= 4 is 22.3 Å². The van der Waals surface area contributed by atoms with Crippen molar-refractivity contribution < 1.29 is 18.3 Å². The predicted octanol–water partition coefficient (Wildman–Crippen LogP) is 0.420. The first-order valence-electron chi connectivity index (χ1n) is 5.03. The molecule has 0 radical (unpaired) electrons. The molecule has 1 aromatic carbocycles. The highest BCUT2D eigenvalue weighted by Gasteiger charge is 2.11. The minimum atomic E-state index is -3.69. The number of rotatable bonds is 5. The van der Waals surface area contributed by atoms with Crippen molar-refractivity contribution in [3.05, 3.63) is 41.5 Å². The molecule has 0 bridgehead atoms. The zero-order chi connectivity index (χ0) is 13.8. The van der Waals surface area contributed by atoms with E-state index in [9.17, 15) is 13.2 Å². The molecule has 7 heteroatoms. The molecule has 0 aliphatic carbocycles. The Kier molecular flexibility index (Phi) is 4.60. The average molecular weight is 270 g/mol. The lowest BCUT2D eigenvalue weighted by atomic mass is 10.1. The van der Waals surface area contributed by atoms with Crippen LogP contribution in [0.5, 0.6) is 0 Å². The molecule has 3 N–H and O–H groups in total. The van der Waals surface area contributed by atoms with Crippen LogP contribution in [0.25, 0.3) is 6.08 Å². The molecule has 98 valence electrons. The van der Waals surface area contributed by atoms with Crippen molar-refractivity contribution in [1.82, 2.24) is 4.31 Å². The van der Waals surface area contributed by atoms with Gasteiger partial charge in [-0.15, -0.1) is 0 Å². The van der Waals surface area contributed by atoms with E-state index < -0.39 is 16.2 Å². The van der Waals surface area contributed by atoms with Gasteiger partial charge in [-0.05, 0) is 17.2 Å². The standard InChI is InChI=1S/C11H14N2O4S/c1-13(18(12,16)17)8-10-4-2-9(3-5-10)6-7-11(14)15/h2-7H,8H2,1H3,(H,14,15)(H2,12,16,17)/b7-6+. The lowest BCUT2D eigenvalue weighted by molar-refractivity contribution is -0.131. The van der Waals surface area contributed by atoms with Gasteiger partial charge in [-0.3, -0.25) is 0 Å². The number of benzene rings is 1. The maximum Gasteiger partial charge on any atom is 0.328 e. The van der Waals surface area contributed by atoms with Crippen LogP contribution in [-0.2, 0) is 21.5 Å². The van der Waals surface area contributed by atoms with Gasteiger partial charge in [-0.2, -0.15) is 12.7 Å². The molecule has 0 aliphatic rings. The molecule has 0 spiro atoms. The lowest BCUT2D eigenvalue weighted by Gasteiger charge is -2.13. The van der Waals surface area contributed by atoms with Crippen molar-refractivity contribution in [2.45, 2.75) is 6.54 Å². The molecule has 18 heavy (non-hydrogen) atoms. The Morgan fingerprint density at radius 1 is 1.39 bits per heavy atom. The van der Waals surface area contributed by atoms with Crippen molar-refractivity contribution in [1.29, 1.82) is 0 Å². The first-order valence-corrected chi connectivity index (χ1v) is 6.53. The van der Waals surface area contributed by atoms with E-state index in [1.165, 1.54) is 13.1 Å². The van der Waals surface area contributed by atoms with E-state index in [1.54, 1.807) is 24.3 Å². The summed E-state index contributed by atoms with van der Waals surface area (Å²) in [6.45, 7) is 0.168. The summed E-state index contributed by atoms with van der Waals surface area (Å²) in [5.41, 5.74) is 1.48. The van der Waals surface area contributed by atoms with Crippen molar-refractivity contribution in [3.63, 3.8) is 0 Å². The second kappa shape index (κ2) is 5.76. The van der Waals surface area contributed by atoms with Gasteiger partial charge in [0.05, 0.1) is 0 Å². The normalized spacial score (nSPS) is 12.2. The van der Waals surface area contributed by atoms with E-state index in [-0.39, 0.29) is 6.54 Å². The fraction of sp³-hybridized carbons (Fsp3) is 0.182. The number of nitrogens with zero attached hydrogens (tertiary/aromatic N) is 1. The van der Waals surface area contributed by atoms with Crippen molar-refractivity contribution in [2.24, 2.45) is 5.14 Å². The van der Waals surface area contributed by atoms with Crippen LogP contribution >= 0.6 is 0 Å². The molecule has 6 nitrogen and oxygen atoms in total. The molecular weight excluding hydrogens is 256 g/mol. The van der Waals surface area contributed by atoms with Gasteiger partial charge in [0.25, 0.3) is 10.2 Å². The minimum Gasteiger partial charge on any atom is -0.478 e.